The number of nitrogen functional groups attached to an aromatic ring is 1. The van der Waals surface area contributed by atoms with Crippen LogP contribution in [-0.2, 0) is 0 Å². The first-order valence-corrected chi connectivity index (χ1v) is 7.20. The van der Waals surface area contributed by atoms with Gasteiger partial charge >= 0.3 is 6.18 Å². The van der Waals surface area contributed by atoms with Gasteiger partial charge in [0.15, 0.2) is 0 Å². The summed E-state index contributed by atoms with van der Waals surface area (Å²) in [6.45, 7) is 0.258. The van der Waals surface area contributed by atoms with Crippen molar-refractivity contribution >= 4 is 23.1 Å². The second kappa shape index (κ2) is 5.21. The third kappa shape index (κ3) is 3.03. The van der Waals surface area contributed by atoms with E-state index in [2.05, 4.69) is 4.98 Å². The fraction of sp³-hybridized carbons (Fsp3) is 0.615. The van der Waals surface area contributed by atoms with Gasteiger partial charge in [0.2, 0.25) is 0 Å². The lowest BCUT2D eigenvalue weighted by atomic mass is 10.2. The summed E-state index contributed by atoms with van der Waals surface area (Å²) >= 11 is 5.85. The molecule has 21 heavy (non-hydrogen) atoms. The number of pyridine rings is 1. The van der Waals surface area contributed by atoms with E-state index in [1.807, 2.05) is 4.90 Å². The molecule has 0 saturated carbocycles. The van der Waals surface area contributed by atoms with E-state index in [0.29, 0.717) is 29.6 Å². The van der Waals surface area contributed by atoms with E-state index >= 15 is 0 Å². The number of nitrogens with zero attached hydrogens (tertiary/aromatic N) is 3. The standard InChI is InChI=1S/C13H16ClF3N4/c14-10-4-19-12(3-11(10)18)20-5-8-1-2-9(6-20)21(8)7-13(15,16)17/h3-4,8-9H,1-2,5-7H2,(H2,18,19). The summed E-state index contributed by atoms with van der Waals surface area (Å²) in [7, 11) is 0. The van der Waals surface area contributed by atoms with E-state index in [1.165, 1.54) is 6.20 Å². The van der Waals surface area contributed by atoms with Crippen LogP contribution in [0.25, 0.3) is 0 Å². The smallest absolute Gasteiger partial charge is 0.397 e. The molecule has 0 radical (unpaired) electrons. The molecule has 2 aliphatic rings. The molecule has 1 aromatic rings. The van der Waals surface area contributed by atoms with Crippen molar-refractivity contribution in [2.45, 2.75) is 31.1 Å². The Hall–Kier alpha value is -1.21. The number of fused-ring (bicyclic) bond motifs is 2. The lowest BCUT2D eigenvalue weighted by Crippen LogP contribution is -2.56. The molecular weight excluding hydrogens is 305 g/mol. The van der Waals surface area contributed by atoms with Gasteiger partial charge in [-0.3, -0.25) is 4.90 Å². The van der Waals surface area contributed by atoms with Gasteiger partial charge in [0.05, 0.1) is 17.3 Å². The summed E-state index contributed by atoms with van der Waals surface area (Å²) < 4.78 is 37.9. The molecule has 0 aromatic carbocycles. The first kappa shape index (κ1) is 14.7. The molecule has 1 aromatic heterocycles. The van der Waals surface area contributed by atoms with Gasteiger partial charge in [-0.25, -0.2) is 4.98 Å². The molecule has 2 N–H and O–H groups in total. The predicted molar refractivity (Wildman–Crippen MR) is 75.4 cm³/mol. The fourth-order valence-electron chi connectivity index (χ4n) is 3.26. The summed E-state index contributed by atoms with van der Waals surface area (Å²) in [5.41, 5.74) is 6.20. The Bertz CT molecular complexity index is 523. The van der Waals surface area contributed by atoms with Crippen LogP contribution in [0.5, 0.6) is 0 Å². The highest BCUT2D eigenvalue weighted by Gasteiger charge is 2.45. The lowest BCUT2D eigenvalue weighted by Gasteiger charge is -2.41. The summed E-state index contributed by atoms with van der Waals surface area (Å²) in [6.07, 6.45) is -1.08. The first-order valence-electron chi connectivity index (χ1n) is 6.82. The largest absolute Gasteiger partial charge is 0.401 e. The summed E-state index contributed by atoms with van der Waals surface area (Å²) in [6, 6.07) is 1.52. The number of hydrogen-bond donors (Lipinski definition) is 1. The van der Waals surface area contributed by atoms with E-state index in [0.717, 1.165) is 12.8 Å². The van der Waals surface area contributed by atoms with Crippen molar-refractivity contribution in [3.63, 3.8) is 0 Å². The lowest BCUT2D eigenvalue weighted by molar-refractivity contribution is -0.153. The monoisotopic (exact) mass is 320 g/mol. The zero-order valence-electron chi connectivity index (χ0n) is 11.3. The molecule has 2 saturated heterocycles. The molecule has 2 aliphatic heterocycles. The Morgan fingerprint density at radius 3 is 2.43 bits per heavy atom. The molecule has 3 heterocycles. The first-order chi connectivity index (χ1) is 9.83. The molecule has 0 aliphatic carbocycles. The Morgan fingerprint density at radius 2 is 1.90 bits per heavy atom. The van der Waals surface area contributed by atoms with Gasteiger partial charge in [-0.2, -0.15) is 13.2 Å². The van der Waals surface area contributed by atoms with Crippen LogP contribution in [0.3, 0.4) is 0 Å². The zero-order chi connectivity index (χ0) is 15.2. The van der Waals surface area contributed by atoms with E-state index in [9.17, 15) is 13.2 Å². The third-order valence-electron chi connectivity index (χ3n) is 4.19. The molecule has 4 nitrogen and oxygen atoms in total. The van der Waals surface area contributed by atoms with Gasteiger partial charge in [0, 0.05) is 37.4 Å². The van der Waals surface area contributed by atoms with Gasteiger partial charge in [0.25, 0.3) is 0 Å². The maximum Gasteiger partial charge on any atom is 0.401 e. The SMILES string of the molecule is Nc1cc(N2CC3CCC(C2)N3CC(F)(F)F)ncc1Cl. The molecular formula is C13H16ClF3N4. The van der Waals surface area contributed by atoms with Crippen LogP contribution in [0, 0.1) is 0 Å². The average molecular weight is 321 g/mol. The summed E-state index contributed by atoms with van der Waals surface area (Å²) in [4.78, 5) is 7.81. The second-order valence-electron chi connectivity index (χ2n) is 5.64. The highest BCUT2D eigenvalue weighted by molar-refractivity contribution is 6.32. The van der Waals surface area contributed by atoms with Gasteiger partial charge in [-0.1, -0.05) is 11.6 Å². The predicted octanol–water partition coefficient (Wildman–Crippen LogP) is 2.53. The molecule has 2 atom stereocenters. The van der Waals surface area contributed by atoms with Crippen LogP contribution in [-0.4, -0.2) is 47.8 Å². The van der Waals surface area contributed by atoms with Gasteiger partial charge in [0.1, 0.15) is 5.82 Å². The molecule has 2 bridgehead atoms. The average Bonchev–Trinajstić information content (AvgIpc) is 2.62. The maximum atomic E-state index is 12.6. The van der Waals surface area contributed by atoms with Crippen molar-refractivity contribution in [1.82, 2.24) is 9.88 Å². The van der Waals surface area contributed by atoms with Gasteiger partial charge in [-0.15, -0.1) is 0 Å². The number of nitrogens with two attached hydrogens (primary N) is 1. The van der Waals surface area contributed by atoms with Crippen molar-refractivity contribution < 1.29 is 13.2 Å². The highest BCUT2D eigenvalue weighted by atomic mass is 35.5. The number of rotatable bonds is 2. The maximum absolute atomic E-state index is 12.6. The van der Waals surface area contributed by atoms with Gasteiger partial charge in [-0.05, 0) is 12.8 Å². The number of hydrogen-bond acceptors (Lipinski definition) is 4. The van der Waals surface area contributed by atoms with Crippen LogP contribution in [0.2, 0.25) is 5.02 Å². The number of piperazine rings is 1. The normalized spacial score (nSPS) is 26.4. The molecule has 8 heteroatoms. The van der Waals surface area contributed by atoms with Crippen LogP contribution in [0.15, 0.2) is 12.3 Å². The van der Waals surface area contributed by atoms with E-state index in [1.54, 1.807) is 11.0 Å². The van der Waals surface area contributed by atoms with E-state index in [-0.39, 0.29) is 12.1 Å². The van der Waals surface area contributed by atoms with Gasteiger partial charge < -0.3 is 10.6 Å². The number of alkyl halides is 3. The van der Waals surface area contributed by atoms with E-state index in [4.69, 9.17) is 17.3 Å². The molecule has 116 valence electrons. The van der Waals surface area contributed by atoms with Crippen LogP contribution in [0.4, 0.5) is 24.7 Å². The Labute approximate surface area is 125 Å². The minimum absolute atomic E-state index is 0.0796. The molecule has 2 unspecified atom stereocenters. The second-order valence-corrected chi connectivity index (χ2v) is 6.05. The Morgan fingerprint density at radius 1 is 1.29 bits per heavy atom. The zero-order valence-corrected chi connectivity index (χ0v) is 12.0. The summed E-state index contributed by atoms with van der Waals surface area (Å²) in [5.74, 6) is 0.681. The van der Waals surface area contributed by atoms with Crippen molar-refractivity contribution in [3.8, 4) is 0 Å². The van der Waals surface area contributed by atoms with Crippen molar-refractivity contribution in [1.29, 1.82) is 0 Å². The number of anilines is 2. The Balaban J connectivity index is 1.75. The van der Waals surface area contributed by atoms with Crippen LogP contribution >= 0.6 is 11.6 Å². The van der Waals surface area contributed by atoms with Crippen molar-refractivity contribution in [2.24, 2.45) is 0 Å². The topological polar surface area (TPSA) is 45.4 Å². The highest BCUT2D eigenvalue weighted by Crippen LogP contribution is 2.35. The third-order valence-corrected chi connectivity index (χ3v) is 4.51. The molecule has 2 fully saturated rings. The number of halogens is 4. The minimum Gasteiger partial charge on any atom is -0.397 e. The van der Waals surface area contributed by atoms with E-state index < -0.39 is 12.7 Å². The molecule has 3 rings (SSSR count). The quantitative estimate of drug-likeness (QED) is 0.909. The minimum atomic E-state index is -4.15. The van der Waals surface area contributed by atoms with Crippen molar-refractivity contribution in [2.75, 3.05) is 30.3 Å². The van der Waals surface area contributed by atoms with Crippen LogP contribution < -0.4 is 10.6 Å². The fourth-order valence-corrected chi connectivity index (χ4v) is 3.36. The molecule has 0 spiro atoms. The van der Waals surface area contributed by atoms with Crippen LogP contribution in [0.1, 0.15) is 12.8 Å². The number of aromatic nitrogens is 1. The molecule has 0 amide bonds. The Kier molecular flexibility index (Phi) is 3.65. The van der Waals surface area contributed by atoms with Crippen molar-refractivity contribution in [3.05, 3.63) is 17.3 Å². The summed E-state index contributed by atoms with van der Waals surface area (Å²) in [5, 5.41) is 0.387.